The van der Waals surface area contributed by atoms with Gasteiger partial charge in [-0.2, -0.15) is 0 Å². The summed E-state index contributed by atoms with van der Waals surface area (Å²) in [5.41, 5.74) is 1.12. The maximum Gasteiger partial charge on any atom is 0.128 e. The minimum absolute atomic E-state index is 0.0703. The van der Waals surface area contributed by atoms with E-state index in [4.69, 9.17) is 4.74 Å². The third-order valence-electron chi connectivity index (χ3n) is 4.89. The largest absolute Gasteiger partial charge is 0.370 e. The Bertz CT molecular complexity index is 673. The molecule has 1 spiro atoms. The SMILES string of the molecule is Cc1nc(CN2CCC[C@@]3(C2)CN(c2ccccn2)CCO3)cs1. The molecule has 2 aromatic heterocycles. The number of rotatable bonds is 3. The zero-order chi connectivity index (χ0) is 16.4. The second-order valence-electron chi connectivity index (χ2n) is 6.81. The molecule has 4 rings (SSSR count). The van der Waals surface area contributed by atoms with Crippen molar-refractivity contribution in [1.82, 2.24) is 14.9 Å². The van der Waals surface area contributed by atoms with Crippen molar-refractivity contribution in [2.24, 2.45) is 0 Å². The number of ether oxygens (including phenoxy) is 1. The molecule has 0 amide bonds. The van der Waals surface area contributed by atoms with E-state index in [1.807, 2.05) is 12.3 Å². The Labute approximate surface area is 147 Å². The summed E-state index contributed by atoms with van der Waals surface area (Å²) in [5.74, 6) is 1.06. The fraction of sp³-hybridized carbons (Fsp3) is 0.556. The van der Waals surface area contributed by atoms with E-state index in [0.717, 1.165) is 56.6 Å². The smallest absolute Gasteiger partial charge is 0.128 e. The van der Waals surface area contributed by atoms with E-state index < -0.39 is 0 Å². The molecule has 0 aliphatic carbocycles. The summed E-state index contributed by atoms with van der Waals surface area (Å²) < 4.78 is 6.30. The predicted octanol–water partition coefficient (Wildman–Crippen LogP) is 2.72. The lowest BCUT2D eigenvalue weighted by atomic mass is 9.90. The number of morpholine rings is 1. The van der Waals surface area contributed by atoms with Gasteiger partial charge in [0.25, 0.3) is 0 Å². The van der Waals surface area contributed by atoms with Crippen molar-refractivity contribution >= 4 is 17.2 Å². The fourth-order valence-electron chi connectivity index (χ4n) is 3.86. The molecule has 0 saturated carbocycles. The molecule has 2 saturated heterocycles. The van der Waals surface area contributed by atoms with Gasteiger partial charge in [0, 0.05) is 37.8 Å². The number of likely N-dealkylation sites (tertiary alicyclic amines) is 1. The van der Waals surface area contributed by atoms with Crippen LogP contribution >= 0.6 is 11.3 Å². The van der Waals surface area contributed by atoms with Crippen molar-refractivity contribution in [2.45, 2.75) is 31.9 Å². The van der Waals surface area contributed by atoms with Gasteiger partial charge in [-0.3, -0.25) is 4.90 Å². The summed E-state index contributed by atoms with van der Waals surface area (Å²) in [4.78, 5) is 14.0. The van der Waals surface area contributed by atoms with Crippen LogP contribution in [0.1, 0.15) is 23.5 Å². The maximum absolute atomic E-state index is 6.30. The number of aryl methyl sites for hydroxylation is 1. The highest BCUT2D eigenvalue weighted by Crippen LogP contribution is 2.31. The number of aromatic nitrogens is 2. The number of hydrogen-bond acceptors (Lipinski definition) is 6. The Morgan fingerprint density at radius 3 is 3.04 bits per heavy atom. The van der Waals surface area contributed by atoms with Gasteiger partial charge >= 0.3 is 0 Å². The highest BCUT2D eigenvalue weighted by atomic mass is 32.1. The minimum atomic E-state index is -0.0703. The molecule has 6 heteroatoms. The van der Waals surface area contributed by atoms with Crippen molar-refractivity contribution < 1.29 is 4.74 Å². The normalized spacial score (nSPS) is 25.3. The van der Waals surface area contributed by atoms with Gasteiger partial charge in [0.2, 0.25) is 0 Å². The number of pyridine rings is 1. The minimum Gasteiger partial charge on any atom is -0.370 e. The Balaban J connectivity index is 1.45. The molecule has 4 heterocycles. The Kier molecular flexibility index (Phi) is 4.52. The van der Waals surface area contributed by atoms with Crippen LogP contribution in [0.5, 0.6) is 0 Å². The van der Waals surface area contributed by atoms with E-state index in [-0.39, 0.29) is 5.60 Å². The molecule has 128 valence electrons. The van der Waals surface area contributed by atoms with E-state index in [1.54, 1.807) is 11.3 Å². The summed E-state index contributed by atoms with van der Waals surface area (Å²) in [5, 5.41) is 3.32. The molecule has 0 unspecified atom stereocenters. The van der Waals surface area contributed by atoms with Crippen molar-refractivity contribution in [3.05, 3.63) is 40.5 Å². The standard InChI is InChI=1S/C18H24N4OS/c1-15-20-16(12-24-15)11-21-8-4-6-18(13-21)14-22(9-10-23-18)17-5-2-3-7-19-17/h2-3,5,7,12H,4,6,8-11,13-14H2,1H3/t18-/m1/s1. The van der Waals surface area contributed by atoms with Crippen molar-refractivity contribution in [1.29, 1.82) is 0 Å². The van der Waals surface area contributed by atoms with Gasteiger partial charge in [0.15, 0.2) is 0 Å². The summed E-state index contributed by atoms with van der Waals surface area (Å²) in [6.07, 6.45) is 4.18. The topological polar surface area (TPSA) is 41.5 Å². The van der Waals surface area contributed by atoms with Crippen LogP contribution in [0.3, 0.4) is 0 Å². The van der Waals surface area contributed by atoms with Crippen LogP contribution in [-0.4, -0.2) is 53.3 Å². The summed E-state index contributed by atoms with van der Waals surface area (Å²) in [6, 6.07) is 6.12. The van der Waals surface area contributed by atoms with Gasteiger partial charge in [-0.05, 0) is 38.4 Å². The molecule has 5 nitrogen and oxygen atoms in total. The first-order chi connectivity index (χ1) is 11.7. The average Bonchev–Trinajstić information content (AvgIpc) is 3.01. The van der Waals surface area contributed by atoms with E-state index in [2.05, 4.69) is 44.2 Å². The number of hydrogen-bond donors (Lipinski definition) is 0. The van der Waals surface area contributed by atoms with Crippen LogP contribution in [0.25, 0.3) is 0 Å². The molecular formula is C18H24N4OS. The third kappa shape index (κ3) is 3.45. The molecule has 2 aromatic rings. The van der Waals surface area contributed by atoms with Crippen molar-refractivity contribution in [3.63, 3.8) is 0 Å². The monoisotopic (exact) mass is 344 g/mol. The first kappa shape index (κ1) is 16.0. The number of thiazole rings is 1. The second-order valence-corrected chi connectivity index (χ2v) is 7.88. The maximum atomic E-state index is 6.30. The van der Waals surface area contributed by atoms with Crippen LogP contribution in [0.2, 0.25) is 0 Å². The summed E-state index contributed by atoms with van der Waals surface area (Å²) >= 11 is 1.73. The Morgan fingerprint density at radius 1 is 1.29 bits per heavy atom. The fourth-order valence-corrected chi connectivity index (χ4v) is 4.47. The van der Waals surface area contributed by atoms with Crippen LogP contribution in [-0.2, 0) is 11.3 Å². The van der Waals surface area contributed by atoms with Gasteiger partial charge in [-0.1, -0.05) is 6.07 Å². The number of piperidine rings is 1. The lowest BCUT2D eigenvalue weighted by Gasteiger charge is -2.48. The molecular weight excluding hydrogens is 320 g/mol. The molecule has 0 N–H and O–H groups in total. The molecule has 0 radical (unpaired) electrons. The van der Waals surface area contributed by atoms with Crippen LogP contribution < -0.4 is 4.90 Å². The molecule has 2 fully saturated rings. The van der Waals surface area contributed by atoms with Crippen LogP contribution in [0.4, 0.5) is 5.82 Å². The van der Waals surface area contributed by atoms with Crippen LogP contribution in [0.15, 0.2) is 29.8 Å². The lowest BCUT2D eigenvalue weighted by molar-refractivity contribution is -0.0988. The van der Waals surface area contributed by atoms with Gasteiger partial charge in [-0.15, -0.1) is 11.3 Å². The molecule has 24 heavy (non-hydrogen) atoms. The van der Waals surface area contributed by atoms with Crippen LogP contribution in [0, 0.1) is 6.92 Å². The van der Waals surface area contributed by atoms with E-state index in [9.17, 15) is 0 Å². The van der Waals surface area contributed by atoms with E-state index in [0.29, 0.717) is 0 Å². The zero-order valence-electron chi connectivity index (χ0n) is 14.1. The highest BCUT2D eigenvalue weighted by Gasteiger charge is 2.40. The van der Waals surface area contributed by atoms with Crippen molar-refractivity contribution in [3.8, 4) is 0 Å². The number of anilines is 1. The molecule has 0 bridgehead atoms. The lowest BCUT2D eigenvalue weighted by Crippen LogP contribution is -2.59. The first-order valence-corrected chi connectivity index (χ1v) is 9.54. The molecule has 2 aliphatic rings. The van der Waals surface area contributed by atoms with Gasteiger partial charge in [-0.25, -0.2) is 9.97 Å². The first-order valence-electron chi connectivity index (χ1n) is 8.66. The molecule has 0 aromatic carbocycles. The van der Waals surface area contributed by atoms with Gasteiger partial charge < -0.3 is 9.64 Å². The number of nitrogens with zero attached hydrogens (tertiary/aromatic N) is 4. The van der Waals surface area contributed by atoms with Gasteiger partial charge in [0.05, 0.1) is 22.9 Å². The van der Waals surface area contributed by atoms with Gasteiger partial charge in [0.1, 0.15) is 5.82 Å². The van der Waals surface area contributed by atoms with Crippen molar-refractivity contribution in [2.75, 3.05) is 37.7 Å². The van der Waals surface area contributed by atoms with E-state index >= 15 is 0 Å². The Hall–Kier alpha value is -1.50. The zero-order valence-corrected chi connectivity index (χ0v) is 15.0. The second kappa shape index (κ2) is 6.78. The quantitative estimate of drug-likeness (QED) is 0.856. The molecule has 2 aliphatic heterocycles. The summed E-state index contributed by atoms with van der Waals surface area (Å²) in [6.45, 7) is 7.74. The third-order valence-corrected chi connectivity index (χ3v) is 5.71. The summed E-state index contributed by atoms with van der Waals surface area (Å²) in [7, 11) is 0. The highest BCUT2D eigenvalue weighted by molar-refractivity contribution is 7.09. The predicted molar refractivity (Wildman–Crippen MR) is 96.5 cm³/mol. The Morgan fingerprint density at radius 2 is 2.25 bits per heavy atom. The van der Waals surface area contributed by atoms with E-state index in [1.165, 1.54) is 12.1 Å². The molecule has 1 atom stereocenters. The average molecular weight is 344 g/mol.